The van der Waals surface area contributed by atoms with Crippen LogP contribution < -0.4 is 5.32 Å². The molecule has 0 spiro atoms. The minimum Gasteiger partial charge on any atom is -0.348 e. The third-order valence-electron chi connectivity index (χ3n) is 3.10. The van der Waals surface area contributed by atoms with E-state index >= 15 is 0 Å². The van der Waals surface area contributed by atoms with Gasteiger partial charge in [-0.25, -0.2) is 4.39 Å². The molecule has 0 unspecified atom stereocenters. The summed E-state index contributed by atoms with van der Waals surface area (Å²) in [7, 11) is 3.36. The quantitative estimate of drug-likeness (QED) is 0.855. The van der Waals surface area contributed by atoms with Crippen LogP contribution in [0.25, 0.3) is 0 Å². The lowest BCUT2D eigenvalue weighted by atomic mass is 10.2. The Bertz CT molecular complexity index is 719. The lowest BCUT2D eigenvalue weighted by Crippen LogP contribution is -2.23. The fourth-order valence-corrected chi connectivity index (χ4v) is 2.83. The van der Waals surface area contributed by atoms with Crippen molar-refractivity contribution >= 4 is 29.3 Å². The van der Waals surface area contributed by atoms with Gasteiger partial charge in [-0.15, -0.1) is 11.8 Å². The van der Waals surface area contributed by atoms with Gasteiger partial charge in [0, 0.05) is 19.0 Å². The number of hydrogen-bond donors (Lipinski definition) is 1. The van der Waals surface area contributed by atoms with Crippen molar-refractivity contribution in [3.63, 3.8) is 0 Å². The molecule has 0 saturated carbocycles. The molecular formula is C17H17FN2O2S. The highest BCUT2D eigenvalue weighted by Gasteiger charge is 2.14. The number of amides is 2. The van der Waals surface area contributed by atoms with E-state index in [0.717, 1.165) is 0 Å². The number of halogens is 1. The first-order valence-corrected chi connectivity index (χ1v) is 7.95. The number of hydrogen-bond acceptors (Lipinski definition) is 3. The summed E-state index contributed by atoms with van der Waals surface area (Å²) in [6, 6.07) is 12.9. The number of rotatable bonds is 5. The van der Waals surface area contributed by atoms with Crippen LogP contribution in [0.3, 0.4) is 0 Å². The Morgan fingerprint density at radius 3 is 2.43 bits per heavy atom. The first kappa shape index (κ1) is 17.0. The number of benzene rings is 2. The molecular weight excluding hydrogens is 315 g/mol. The van der Waals surface area contributed by atoms with Gasteiger partial charge in [-0.05, 0) is 24.3 Å². The van der Waals surface area contributed by atoms with Gasteiger partial charge < -0.3 is 10.2 Å². The van der Waals surface area contributed by atoms with E-state index < -0.39 is 11.7 Å². The number of para-hydroxylation sites is 1. The Balaban J connectivity index is 2.14. The number of carbonyl (C=O) groups excluding carboxylic acids is 2. The van der Waals surface area contributed by atoms with E-state index in [1.807, 2.05) is 0 Å². The number of nitrogens with one attached hydrogen (secondary N) is 1. The zero-order valence-corrected chi connectivity index (χ0v) is 13.7. The van der Waals surface area contributed by atoms with E-state index in [9.17, 15) is 14.0 Å². The van der Waals surface area contributed by atoms with Crippen molar-refractivity contribution in [3.05, 3.63) is 59.9 Å². The van der Waals surface area contributed by atoms with Crippen molar-refractivity contribution in [2.45, 2.75) is 4.90 Å². The molecule has 0 aromatic heterocycles. The van der Waals surface area contributed by atoms with Crippen LogP contribution in [-0.4, -0.2) is 36.6 Å². The van der Waals surface area contributed by atoms with Gasteiger partial charge in [-0.1, -0.05) is 24.3 Å². The summed E-state index contributed by atoms with van der Waals surface area (Å²) in [6.07, 6.45) is 0. The Labute approximate surface area is 138 Å². The summed E-state index contributed by atoms with van der Waals surface area (Å²) in [5, 5.41) is 2.55. The molecule has 2 aromatic rings. The van der Waals surface area contributed by atoms with Gasteiger partial charge in [-0.3, -0.25) is 9.59 Å². The molecule has 0 aliphatic heterocycles. The van der Waals surface area contributed by atoms with Crippen LogP contribution in [-0.2, 0) is 4.79 Å². The van der Waals surface area contributed by atoms with E-state index in [-0.39, 0.29) is 17.3 Å². The molecule has 0 saturated heterocycles. The second-order valence-electron chi connectivity index (χ2n) is 5.01. The molecule has 0 fully saturated rings. The van der Waals surface area contributed by atoms with Crippen molar-refractivity contribution in [1.29, 1.82) is 0 Å². The summed E-state index contributed by atoms with van der Waals surface area (Å²) in [5.41, 5.74) is 0.536. The fourth-order valence-electron chi connectivity index (χ4n) is 1.80. The van der Waals surface area contributed by atoms with Gasteiger partial charge in [-0.2, -0.15) is 0 Å². The van der Waals surface area contributed by atoms with Crippen molar-refractivity contribution in [2.24, 2.45) is 0 Å². The van der Waals surface area contributed by atoms with Crippen molar-refractivity contribution in [3.8, 4) is 0 Å². The third kappa shape index (κ3) is 4.56. The Hall–Kier alpha value is -2.34. The van der Waals surface area contributed by atoms with Crippen LogP contribution in [0.4, 0.5) is 10.1 Å². The molecule has 6 heteroatoms. The minimum atomic E-state index is -0.492. The zero-order chi connectivity index (χ0) is 16.8. The maximum atomic E-state index is 13.6. The van der Waals surface area contributed by atoms with Crippen LogP contribution in [0, 0.1) is 5.82 Å². The number of nitrogens with zero attached hydrogens (tertiary/aromatic N) is 1. The second kappa shape index (κ2) is 7.78. The van der Waals surface area contributed by atoms with E-state index in [2.05, 4.69) is 5.32 Å². The number of anilines is 1. The molecule has 2 aromatic carbocycles. The summed E-state index contributed by atoms with van der Waals surface area (Å²) >= 11 is 1.28. The summed E-state index contributed by atoms with van der Waals surface area (Å²) < 4.78 is 13.6. The van der Waals surface area contributed by atoms with Crippen LogP contribution in [0.1, 0.15) is 10.4 Å². The highest BCUT2D eigenvalue weighted by Crippen LogP contribution is 2.24. The average molecular weight is 332 g/mol. The predicted molar refractivity (Wildman–Crippen MR) is 90.2 cm³/mol. The van der Waals surface area contributed by atoms with Gasteiger partial charge in [0.25, 0.3) is 5.91 Å². The number of carbonyl (C=O) groups is 2. The van der Waals surface area contributed by atoms with E-state index in [0.29, 0.717) is 10.5 Å². The van der Waals surface area contributed by atoms with Crippen LogP contribution in [0.5, 0.6) is 0 Å². The van der Waals surface area contributed by atoms with E-state index in [4.69, 9.17) is 0 Å². The first-order chi connectivity index (χ1) is 11.0. The monoisotopic (exact) mass is 332 g/mol. The molecule has 23 heavy (non-hydrogen) atoms. The topological polar surface area (TPSA) is 49.4 Å². The normalized spacial score (nSPS) is 10.2. The zero-order valence-electron chi connectivity index (χ0n) is 12.9. The molecule has 120 valence electrons. The largest absolute Gasteiger partial charge is 0.348 e. The van der Waals surface area contributed by atoms with Crippen molar-refractivity contribution in [2.75, 3.05) is 25.2 Å². The fraction of sp³-hybridized carbons (Fsp3) is 0.176. The van der Waals surface area contributed by atoms with Crippen LogP contribution >= 0.6 is 11.8 Å². The second-order valence-corrected chi connectivity index (χ2v) is 6.02. The van der Waals surface area contributed by atoms with Crippen LogP contribution in [0.15, 0.2) is 53.4 Å². The van der Waals surface area contributed by atoms with Gasteiger partial charge >= 0.3 is 0 Å². The summed E-state index contributed by atoms with van der Waals surface area (Å²) in [6.45, 7) is 0. The molecule has 0 bridgehead atoms. The summed E-state index contributed by atoms with van der Waals surface area (Å²) in [5.74, 6) is -0.708. The number of thioether (sulfide) groups is 1. The molecule has 2 amide bonds. The van der Waals surface area contributed by atoms with Crippen LogP contribution in [0.2, 0.25) is 0 Å². The van der Waals surface area contributed by atoms with Gasteiger partial charge in [0.1, 0.15) is 5.82 Å². The predicted octanol–water partition coefficient (Wildman–Crippen LogP) is 3.26. The molecule has 0 radical (unpaired) electrons. The highest BCUT2D eigenvalue weighted by molar-refractivity contribution is 8.00. The van der Waals surface area contributed by atoms with Gasteiger partial charge in [0.05, 0.1) is 17.0 Å². The molecule has 2 rings (SSSR count). The lowest BCUT2D eigenvalue weighted by molar-refractivity contribution is -0.125. The molecule has 0 aliphatic carbocycles. The smallest absolute Gasteiger partial charge is 0.256 e. The van der Waals surface area contributed by atoms with Crippen molar-refractivity contribution in [1.82, 2.24) is 4.90 Å². The Kier molecular flexibility index (Phi) is 5.76. The maximum absolute atomic E-state index is 13.6. The maximum Gasteiger partial charge on any atom is 0.256 e. The average Bonchev–Trinajstić information content (AvgIpc) is 2.54. The lowest BCUT2D eigenvalue weighted by Gasteiger charge is -2.12. The van der Waals surface area contributed by atoms with Gasteiger partial charge in [0.2, 0.25) is 5.91 Å². The van der Waals surface area contributed by atoms with Gasteiger partial charge in [0.15, 0.2) is 0 Å². The Morgan fingerprint density at radius 1 is 1.09 bits per heavy atom. The molecule has 1 N–H and O–H groups in total. The van der Waals surface area contributed by atoms with Crippen molar-refractivity contribution < 1.29 is 14.0 Å². The standard InChI is InChI=1S/C17H17FN2O2S/c1-20(2)16(21)11-23-15-10-6-3-7-12(15)17(22)19-14-9-5-4-8-13(14)18/h3-10H,11H2,1-2H3,(H,19,22). The first-order valence-electron chi connectivity index (χ1n) is 6.97. The van der Waals surface area contributed by atoms with E-state index in [1.165, 1.54) is 28.8 Å². The molecule has 0 aliphatic rings. The SMILES string of the molecule is CN(C)C(=O)CSc1ccccc1C(=O)Nc1ccccc1F. The molecule has 4 nitrogen and oxygen atoms in total. The highest BCUT2D eigenvalue weighted by atomic mass is 32.2. The summed E-state index contributed by atoms with van der Waals surface area (Å²) in [4.78, 5) is 26.2. The van der Waals surface area contributed by atoms with E-state index in [1.54, 1.807) is 50.5 Å². The molecule has 0 heterocycles. The minimum absolute atomic E-state index is 0.0423. The third-order valence-corrected chi connectivity index (χ3v) is 4.16. The Morgan fingerprint density at radius 2 is 1.74 bits per heavy atom. The molecule has 0 atom stereocenters.